The maximum atomic E-state index is 13.9. The fourth-order valence-corrected chi connectivity index (χ4v) is 3.25. The molecule has 0 bridgehead atoms. The van der Waals surface area contributed by atoms with Gasteiger partial charge < -0.3 is 15.1 Å². The fourth-order valence-electron chi connectivity index (χ4n) is 3.25. The van der Waals surface area contributed by atoms with Gasteiger partial charge in [0.1, 0.15) is 5.82 Å². The third kappa shape index (κ3) is 4.54. The molecule has 2 aromatic carbocycles. The second kappa shape index (κ2) is 8.21. The van der Waals surface area contributed by atoms with Gasteiger partial charge in [-0.05, 0) is 42.3 Å². The Morgan fingerprint density at radius 2 is 1.62 bits per heavy atom. The van der Waals surface area contributed by atoms with Gasteiger partial charge in [-0.2, -0.15) is 0 Å². The number of halogens is 1. The van der Waals surface area contributed by atoms with Crippen LogP contribution in [0.25, 0.3) is 0 Å². The van der Waals surface area contributed by atoms with Crippen LogP contribution in [-0.4, -0.2) is 32.1 Å². The highest BCUT2D eigenvalue weighted by Crippen LogP contribution is 2.24. The van der Waals surface area contributed by atoms with Gasteiger partial charge in [0.2, 0.25) is 5.91 Å². The van der Waals surface area contributed by atoms with E-state index in [1.54, 1.807) is 6.07 Å². The normalized spacial score (nSPS) is 14.6. The summed E-state index contributed by atoms with van der Waals surface area (Å²) in [6, 6.07) is 14.9. The number of piperazine rings is 1. The first-order valence-electron chi connectivity index (χ1n) is 9.17. The summed E-state index contributed by atoms with van der Waals surface area (Å²) in [6.45, 7) is 7.32. The van der Waals surface area contributed by atoms with Crippen molar-refractivity contribution in [1.29, 1.82) is 0 Å². The Balaban J connectivity index is 1.56. The van der Waals surface area contributed by atoms with E-state index in [1.165, 1.54) is 6.07 Å². The molecule has 0 spiro atoms. The van der Waals surface area contributed by atoms with Crippen molar-refractivity contribution in [2.75, 3.05) is 41.3 Å². The molecule has 1 heterocycles. The molecule has 4 nitrogen and oxygen atoms in total. The van der Waals surface area contributed by atoms with Crippen molar-refractivity contribution in [2.24, 2.45) is 5.92 Å². The van der Waals surface area contributed by atoms with E-state index < -0.39 is 0 Å². The molecule has 2 aromatic rings. The minimum absolute atomic E-state index is 0.0475. The molecule has 0 aliphatic carbocycles. The first-order chi connectivity index (χ1) is 12.5. The van der Waals surface area contributed by atoms with Crippen molar-refractivity contribution in [2.45, 2.75) is 20.3 Å². The second-order valence-corrected chi connectivity index (χ2v) is 7.12. The van der Waals surface area contributed by atoms with Crippen molar-refractivity contribution < 1.29 is 9.18 Å². The van der Waals surface area contributed by atoms with Crippen LogP contribution in [0.15, 0.2) is 48.5 Å². The van der Waals surface area contributed by atoms with Gasteiger partial charge in [-0.3, -0.25) is 4.79 Å². The SMILES string of the molecule is CC(C)CC(=O)Nc1ccc(N2CCN(c3ccccc3F)CC2)cc1. The Hall–Kier alpha value is -2.56. The summed E-state index contributed by atoms with van der Waals surface area (Å²) in [5.41, 5.74) is 2.62. The molecule has 1 N–H and O–H groups in total. The second-order valence-electron chi connectivity index (χ2n) is 7.12. The number of hydrogen-bond acceptors (Lipinski definition) is 3. The lowest BCUT2D eigenvalue weighted by Gasteiger charge is -2.37. The number of benzene rings is 2. The van der Waals surface area contributed by atoms with E-state index in [9.17, 15) is 9.18 Å². The predicted molar refractivity (Wildman–Crippen MR) is 105 cm³/mol. The van der Waals surface area contributed by atoms with Gasteiger partial charge >= 0.3 is 0 Å². The Labute approximate surface area is 154 Å². The highest BCUT2D eigenvalue weighted by atomic mass is 19.1. The van der Waals surface area contributed by atoms with E-state index in [0.29, 0.717) is 18.0 Å². The van der Waals surface area contributed by atoms with Gasteiger partial charge in [-0.25, -0.2) is 4.39 Å². The molecular weight excluding hydrogens is 329 g/mol. The number of anilines is 3. The smallest absolute Gasteiger partial charge is 0.224 e. The lowest BCUT2D eigenvalue weighted by Crippen LogP contribution is -2.46. The van der Waals surface area contributed by atoms with Crippen molar-refractivity contribution in [3.05, 3.63) is 54.3 Å². The highest BCUT2D eigenvalue weighted by Gasteiger charge is 2.19. The molecule has 3 rings (SSSR count). The third-order valence-electron chi connectivity index (χ3n) is 4.58. The monoisotopic (exact) mass is 355 g/mol. The zero-order valence-corrected chi connectivity index (χ0v) is 15.4. The Morgan fingerprint density at radius 1 is 1.00 bits per heavy atom. The molecule has 1 amide bonds. The Morgan fingerprint density at radius 3 is 2.23 bits per heavy atom. The van der Waals surface area contributed by atoms with Gasteiger partial charge in [-0.15, -0.1) is 0 Å². The van der Waals surface area contributed by atoms with Crippen LogP contribution in [-0.2, 0) is 4.79 Å². The molecule has 1 aliphatic heterocycles. The molecule has 1 fully saturated rings. The molecule has 26 heavy (non-hydrogen) atoms. The summed E-state index contributed by atoms with van der Waals surface area (Å²) >= 11 is 0. The van der Waals surface area contributed by atoms with E-state index in [4.69, 9.17) is 0 Å². The van der Waals surface area contributed by atoms with Gasteiger partial charge in [-0.1, -0.05) is 26.0 Å². The number of carbonyl (C=O) groups excluding carboxylic acids is 1. The van der Waals surface area contributed by atoms with E-state index in [-0.39, 0.29) is 11.7 Å². The van der Waals surface area contributed by atoms with Crippen LogP contribution in [0, 0.1) is 11.7 Å². The molecule has 0 radical (unpaired) electrons. The van der Waals surface area contributed by atoms with Gasteiger partial charge in [0.05, 0.1) is 5.69 Å². The first-order valence-corrected chi connectivity index (χ1v) is 9.17. The van der Waals surface area contributed by atoms with Crippen LogP contribution in [0.4, 0.5) is 21.5 Å². The number of amides is 1. The summed E-state index contributed by atoms with van der Waals surface area (Å²) < 4.78 is 13.9. The molecular formula is C21H26FN3O. The van der Waals surface area contributed by atoms with Crippen molar-refractivity contribution in [3.8, 4) is 0 Å². The lowest BCUT2D eigenvalue weighted by atomic mass is 10.1. The quantitative estimate of drug-likeness (QED) is 0.876. The van der Waals surface area contributed by atoms with Crippen molar-refractivity contribution in [1.82, 2.24) is 0 Å². The van der Waals surface area contributed by atoms with Gasteiger partial charge in [0.15, 0.2) is 0 Å². The average molecular weight is 355 g/mol. The Bertz CT molecular complexity index is 737. The molecule has 0 atom stereocenters. The molecule has 5 heteroatoms. The molecule has 0 saturated carbocycles. The first kappa shape index (κ1) is 18.2. The summed E-state index contributed by atoms with van der Waals surface area (Å²) in [7, 11) is 0. The van der Waals surface area contributed by atoms with E-state index in [0.717, 1.165) is 37.6 Å². The summed E-state index contributed by atoms with van der Waals surface area (Å²) in [6.07, 6.45) is 0.528. The predicted octanol–water partition coefficient (Wildman–Crippen LogP) is 4.14. The van der Waals surface area contributed by atoms with Crippen molar-refractivity contribution in [3.63, 3.8) is 0 Å². The molecule has 0 aromatic heterocycles. The average Bonchev–Trinajstić information content (AvgIpc) is 2.62. The van der Waals surface area contributed by atoms with Crippen LogP contribution in [0.2, 0.25) is 0 Å². The summed E-state index contributed by atoms with van der Waals surface area (Å²) in [5, 5.41) is 2.93. The van der Waals surface area contributed by atoms with Gasteiger partial charge in [0, 0.05) is 44.0 Å². The van der Waals surface area contributed by atoms with Gasteiger partial charge in [0.25, 0.3) is 0 Å². The summed E-state index contributed by atoms with van der Waals surface area (Å²) in [5.74, 6) is 0.230. The minimum atomic E-state index is -0.164. The van der Waals surface area contributed by atoms with Crippen LogP contribution >= 0.6 is 0 Å². The standard InChI is InChI=1S/C21H26FN3O/c1-16(2)15-21(26)23-17-7-9-18(10-8-17)24-11-13-25(14-12-24)20-6-4-3-5-19(20)22/h3-10,16H,11-15H2,1-2H3,(H,23,26). The Kier molecular flexibility index (Phi) is 5.76. The zero-order valence-electron chi connectivity index (χ0n) is 15.4. The van der Waals surface area contributed by atoms with Crippen LogP contribution in [0.5, 0.6) is 0 Å². The number of rotatable bonds is 5. The topological polar surface area (TPSA) is 35.6 Å². The molecule has 138 valence electrons. The van der Waals surface area contributed by atoms with Crippen LogP contribution < -0.4 is 15.1 Å². The van der Waals surface area contributed by atoms with Crippen LogP contribution in [0.1, 0.15) is 20.3 Å². The molecule has 1 aliphatic rings. The third-order valence-corrected chi connectivity index (χ3v) is 4.58. The number of carbonyl (C=O) groups is 1. The maximum absolute atomic E-state index is 13.9. The number of para-hydroxylation sites is 1. The molecule has 1 saturated heterocycles. The van der Waals surface area contributed by atoms with Crippen LogP contribution in [0.3, 0.4) is 0 Å². The largest absolute Gasteiger partial charge is 0.368 e. The van der Waals surface area contributed by atoms with E-state index in [2.05, 4.69) is 15.1 Å². The lowest BCUT2D eigenvalue weighted by molar-refractivity contribution is -0.116. The van der Waals surface area contributed by atoms with Crippen molar-refractivity contribution >= 4 is 23.0 Å². The highest BCUT2D eigenvalue weighted by molar-refractivity contribution is 5.91. The number of nitrogens with one attached hydrogen (secondary N) is 1. The minimum Gasteiger partial charge on any atom is -0.368 e. The van der Waals surface area contributed by atoms with E-state index in [1.807, 2.05) is 50.2 Å². The number of hydrogen-bond donors (Lipinski definition) is 1. The number of nitrogens with zero attached hydrogens (tertiary/aromatic N) is 2. The molecule has 0 unspecified atom stereocenters. The zero-order chi connectivity index (χ0) is 18.5. The maximum Gasteiger partial charge on any atom is 0.224 e. The fraction of sp³-hybridized carbons (Fsp3) is 0.381. The summed E-state index contributed by atoms with van der Waals surface area (Å²) in [4.78, 5) is 16.2. The van der Waals surface area contributed by atoms with E-state index >= 15 is 0 Å².